The summed E-state index contributed by atoms with van der Waals surface area (Å²) < 4.78 is 7.95. The number of carbonyl (C=O) groups is 1. The van der Waals surface area contributed by atoms with Crippen molar-refractivity contribution in [1.29, 1.82) is 0 Å². The first kappa shape index (κ1) is 18.5. The first-order valence-electron chi connectivity index (χ1n) is 8.95. The number of hydrogen-bond donors (Lipinski definition) is 1. The van der Waals surface area contributed by atoms with Crippen LogP contribution in [0.2, 0.25) is 0 Å². The van der Waals surface area contributed by atoms with Gasteiger partial charge < -0.3 is 10.1 Å². The maximum Gasteiger partial charge on any atom is 0.217 e. The van der Waals surface area contributed by atoms with E-state index >= 15 is 0 Å². The Bertz CT molecular complexity index is 745. The van der Waals surface area contributed by atoms with Crippen molar-refractivity contribution in [3.05, 3.63) is 41.7 Å². The van der Waals surface area contributed by atoms with Gasteiger partial charge in [0.05, 0.1) is 24.5 Å². The molecule has 0 saturated carbocycles. The van der Waals surface area contributed by atoms with Crippen LogP contribution in [0.3, 0.4) is 0 Å². The van der Waals surface area contributed by atoms with Crippen molar-refractivity contribution in [2.45, 2.75) is 46.0 Å². The summed E-state index contributed by atoms with van der Waals surface area (Å²) in [6.45, 7) is 9.21. The molecular weight excluding hydrogens is 332 g/mol. The number of morpholine rings is 1. The van der Waals surface area contributed by atoms with Crippen LogP contribution in [0.4, 0.5) is 0 Å². The third kappa shape index (κ3) is 4.64. The zero-order valence-corrected chi connectivity index (χ0v) is 15.6. The zero-order chi connectivity index (χ0) is 18.5. The fourth-order valence-electron chi connectivity index (χ4n) is 3.04. The minimum absolute atomic E-state index is 0.0768. The van der Waals surface area contributed by atoms with E-state index in [1.807, 2.05) is 6.20 Å². The fraction of sp³-hybridized carbons (Fsp3) is 0.556. The molecule has 3 rings (SSSR count). The van der Waals surface area contributed by atoms with E-state index in [0.717, 1.165) is 25.3 Å². The van der Waals surface area contributed by atoms with Crippen LogP contribution < -0.4 is 5.32 Å². The second-order valence-electron chi connectivity index (χ2n) is 6.77. The van der Waals surface area contributed by atoms with Crippen LogP contribution in [0.15, 0.2) is 24.5 Å². The molecule has 0 aliphatic carbocycles. The van der Waals surface area contributed by atoms with Crippen LogP contribution in [0, 0.1) is 0 Å². The summed E-state index contributed by atoms with van der Waals surface area (Å²) in [6.07, 6.45) is 3.40. The molecule has 1 saturated heterocycles. The highest BCUT2D eigenvalue weighted by atomic mass is 16.5. The van der Waals surface area contributed by atoms with Crippen LogP contribution >= 0.6 is 0 Å². The zero-order valence-electron chi connectivity index (χ0n) is 15.6. The molecule has 1 aliphatic heterocycles. The van der Waals surface area contributed by atoms with Crippen molar-refractivity contribution in [2.75, 3.05) is 19.7 Å². The summed E-state index contributed by atoms with van der Waals surface area (Å²) in [5.74, 6) is 0.585. The standard InChI is InChI=1S/C18H26N6O2/c1-13(2)24-16(5-7-21-24)11-23-8-9-26-17(12-23)18-19-6-4-15(22-18)10-20-14(3)25/h4-7,13,17H,8-12H2,1-3H3,(H,20,25)/t17-/m1/s1. The maximum absolute atomic E-state index is 11.1. The Morgan fingerprint density at radius 2 is 2.23 bits per heavy atom. The lowest BCUT2D eigenvalue weighted by Crippen LogP contribution is -2.39. The van der Waals surface area contributed by atoms with Crippen molar-refractivity contribution in [1.82, 2.24) is 30.0 Å². The predicted octanol–water partition coefficient (Wildman–Crippen LogP) is 1.46. The van der Waals surface area contributed by atoms with Crippen LogP contribution in [0.25, 0.3) is 0 Å². The molecule has 1 atom stereocenters. The number of hydrogen-bond acceptors (Lipinski definition) is 6. The Labute approximate surface area is 153 Å². The van der Waals surface area contributed by atoms with E-state index in [9.17, 15) is 4.79 Å². The number of nitrogens with one attached hydrogen (secondary N) is 1. The van der Waals surface area contributed by atoms with Gasteiger partial charge in [0.25, 0.3) is 0 Å². The molecule has 0 aromatic carbocycles. The van der Waals surface area contributed by atoms with Crippen LogP contribution in [0.5, 0.6) is 0 Å². The largest absolute Gasteiger partial charge is 0.368 e. The first-order chi connectivity index (χ1) is 12.5. The molecule has 0 unspecified atom stereocenters. The van der Waals surface area contributed by atoms with Crippen molar-refractivity contribution in [2.24, 2.45) is 0 Å². The topological polar surface area (TPSA) is 85.2 Å². The number of ether oxygens (including phenoxy) is 1. The molecule has 0 bridgehead atoms. The Kier molecular flexibility index (Phi) is 5.95. The summed E-state index contributed by atoms with van der Waals surface area (Å²) in [5, 5.41) is 7.16. The molecule has 1 fully saturated rings. The maximum atomic E-state index is 11.1. The van der Waals surface area contributed by atoms with Gasteiger partial charge in [-0.2, -0.15) is 5.10 Å². The summed E-state index contributed by atoms with van der Waals surface area (Å²) in [5.41, 5.74) is 1.98. The quantitative estimate of drug-likeness (QED) is 0.842. The molecule has 8 heteroatoms. The molecule has 1 aliphatic rings. The normalized spacial score (nSPS) is 18.2. The molecule has 1 amide bonds. The van der Waals surface area contributed by atoms with Gasteiger partial charge in [0.2, 0.25) is 5.91 Å². The number of nitrogens with zero attached hydrogens (tertiary/aromatic N) is 5. The molecule has 8 nitrogen and oxygen atoms in total. The minimum atomic E-state index is -0.170. The van der Waals surface area contributed by atoms with Crippen molar-refractivity contribution >= 4 is 5.91 Å². The van der Waals surface area contributed by atoms with E-state index < -0.39 is 0 Å². The Morgan fingerprint density at radius 3 is 3.00 bits per heavy atom. The Hall–Kier alpha value is -2.32. The van der Waals surface area contributed by atoms with Gasteiger partial charge in [-0.3, -0.25) is 14.4 Å². The van der Waals surface area contributed by atoms with Gasteiger partial charge in [-0.05, 0) is 26.0 Å². The second-order valence-corrected chi connectivity index (χ2v) is 6.77. The van der Waals surface area contributed by atoms with E-state index in [1.54, 1.807) is 12.3 Å². The average Bonchev–Trinajstić information content (AvgIpc) is 3.09. The number of carbonyl (C=O) groups excluding carboxylic acids is 1. The van der Waals surface area contributed by atoms with E-state index in [-0.39, 0.29) is 12.0 Å². The van der Waals surface area contributed by atoms with Gasteiger partial charge in [0.1, 0.15) is 6.10 Å². The van der Waals surface area contributed by atoms with Gasteiger partial charge in [-0.25, -0.2) is 9.97 Å². The Morgan fingerprint density at radius 1 is 1.38 bits per heavy atom. The molecule has 2 aromatic rings. The summed E-state index contributed by atoms with van der Waals surface area (Å²) in [6, 6.07) is 4.21. The lowest BCUT2D eigenvalue weighted by atomic mass is 10.2. The van der Waals surface area contributed by atoms with Gasteiger partial charge in [0, 0.05) is 45.0 Å². The predicted molar refractivity (Wildman–Crippen MR) is 96.1 cm³/mol. The molecule has 2 aromatic heterocycles. The molecule has 26 heavy (non-hydrogen) atoms. The molecule has 3 heterocycles. The summed E-state index contributed by atoms with van der Waals surface area (Å²) >= 11 is 0. The average molecular weight is 358 g/mol. The van der Waals surface area contributed by atoms with E-state index in [4.69, 9.17) is 4.74 Å². The van der Waals surface area contributed by atoms with Gasteiger partial charge >= 0.3 is 0 Å². The summed E-state index contributed by atoms with van der Waals surface area (Å²) in [7, 11) is 0. The smallest absolute Gasteiger partial charge is 0.217 e. The molecule has 1 N–H and O–H groups in total. The van der Waals surface area contributed by atoms with Crippen LogP contribution in [0.1, 0.15) is 50.1 Å². The fourth-order valence-corrected chi connectivity index (χ4v) is 3.04. The van der Waals surface area contributed by atoms with Gasteiger partial charge in [-0.15, -0.1) is 0 Å². The van der Waals surface area contributed by atoms with Gasteiger partial charge in [-0.1, -0.05) is 0 Å². The third-order valence-corrected chi connectivity index (χ3v) is 4.32. The monoisotopic (exact) mass is 358 g/mol. The van der Waals surface area contributed by atoms with Crippen molar-refractivity contribution < 1.29 is 9.53 Å². The SMILES string of the molecule is CC(=O)NCc1ccnc([C@H]2CN(Cc3ccnn3C(C)C)CCO2)n1. The summed E-state index contributed by atoms with van der Waals surface area (Å²) in [4.78, 5) is 22.3. The second kappa shape index (κ2) is 8.37. The number of aromatic nitrogens is 4. The molecular formula is C18H26N6O2. The van der Waals surface area contributed by atoms with E-state index in [2.05, 4.69) is 49.9 Å². The third-order valence-electron chi connectivity index (χ3n) is 4.32. The number of amides is 1. The lowest BCUT2D eigenvalue weighted by Gasteiger charge is -2.32. The van der Waals surface area contributed by atoms with Crippen LogP contribution in [-0.4, -0.2) is 50.3 Å². The van der Waals surface area contributed by atoms with Crippen molar-refractivity contribution in [3.63, 3.8) is 0 Å². The molecule has 140 valence electrons. The van der Waals surface area contributed by atoms with E-state index in [0.29, 0.717) is 25.0 Å². The minimum Gasteiger partial charge on any atom is -0.368 e. The highest BCUT2D eigenvalue weighted by Gasteiger charge is 2.25. The van der Waals surface area contributed by atoms with Crippen LogP contribution in [-0.2, 0) is 22.6 Å². The first-order valence-corrected chi connectivity index (χ1v) is 8.95. The highest BCUT2D eigenvalue weighted by molar-refractivity contribution is 5.72. The van der Waals surface area contributed by atoms with Crippen molar-refractivity contribution in [3.8, 4) is 0 Å². The Balaban J connectivity index is 1.65. The molecule has 0 radical (unpaired) electrons. The lowest BCUT2D eigenvalue weighted by molar-refractivity contribution is -0.119. The molecule has 0 spiro atoms. The highest BCUT2D eigenvalue weighted by Crippen LogP contribution is 2.21. The number of rotatable bonds is 6. The van der Waals surface area contributed by atoms with E-state index in [1.165, 1.54) is 12.6 Å². The van der Waals surface area contributed by atoms with Gasteiger partial charge in [0.15, 0.2) is 5.82 Å².